The van der Waals surface area contributed by atoms with Crippen LogP contribution in [0.2, 0.25) is 5.15 Å². The summed E-state index contributed by atoms with van der Waals surface area (Å²) in [5.74, 6) is 0. The first-order valence-electron chi connectivity index (χ1n) is 5.43. The molecule has 0 unspecified atom stereocenters. The van der Waals surface area contributed by atoms with Crippen molar-refractivity contribution in [1.29, 1.82) is 0 Å². The Kier molecular flexibility index (Phi) is 4.47. The van der Waals surface area contributed by atoms with E-state index in [1.165, 1.54) is 0 Å². The summed E-state index contributed by atoms with van der Waals surface area (Å²) in [4.78, 5) is 8.21. The zero-order valence-corrected chi connectivity index (χ0v) is 10.1. The molecule has 17 heavy (non-hydrogen) atoms. The number of halogens is 1. The average molecular weight is 249 g/mol. The van der Waals surface area contributed by atoms with Crippen molar-refractivity contribution in [2.24, 2.45) is 0 Å². The molecular weight excluding hydrogens is 236 g/mol. The Labute approximate surface area is 105 Å². The zero-order valence-electron chi connectivity index (χ0n) is 9.34. The fourth-order valence-corrected chi connectivity index (χ4v) is 1.52. The van der Waals surface area contributed by atoms with Crippen LogP contribution in [0.4, 0.5) is 0 Å². The Morgan fingerprint density at radius 2 is 2.06 bits per heavy atom. The third-order valence-electron chi connectivity index (χ3n) is 2.29. The van der Waals surface area contributed by atoms with E-state index < -0.39 is 0 Å². The van der Waals surface area contributed by atoms with Crippen molar-refractivity contribution in [2.45, 2.75) is 13.0 Å². The smallest absolute Gasteiger partial charge is 0.129 e. The van der Waals surface area contributed by atoms with Gasteiger partial charge in [0, 0.05) is 24.5 Å². The van der Waals surface area contributed by atoms with Crippen molar-refractivity contribution in [2.75, 3.05) is 6.61 Å². The van der Waals surface area contributed by atoms with Crippen molar-refractivity contribution in [3.8, 4) is 0 Å². The molecular formula is C13H13ClN2O. The number of hydrogen-bond acceptors (Lipinski definition) is 3. The molecule has 2 rings (SSSR count). The molecule has 0 saturated carbocycles. The van der Waals surface area contributed by atoms with Gasteiger partial charge in [-0.05, 0) is 23.8 Å². The second-order valence-electron chi connectivity index (χ2n) is 3.61. The van der Waals surface area contributed by atoms with E-state index in [1.54, 1.807) is 18.5 Å². The summed E-state index contributed by atoms with van der Waals surface area (Å²) in [6.45, 7) is 1.21. The van der Waals surface area contributed by atoms with Crippen LogP contribution >= 0.6 is 11.6 Å². The van der Waals surface area contributed by atoms with E-state index in [9.17, 15) is 0 Å². The van der Waals surface area contributed by atoms with E-state index in [-0.39, 0.29) is 0 Å². The molecule has 2 heterocycles. The Hall–Kier alpha value is -1.45. The van der Waals surface area contributed by atoms with Gasteiger partial charge in [-0.25, -0.2) is 4.98 Å². The lowest BCUT2D eigenvalue weighted by molar-refractivity contribution is 0.123. The van der Waals surface area contributed by atoms with Gasteiger partial charge < -0.3 is 4.74 Å². The molecule has 0 aliphatic rings. The first kappa shape index (κ1) is 12.0. The molecule has 0 bridgehead atoms. The third-order valence-corrected chi connectivity index (χ3v) is 2.51. The molecule has 0 amide bonds. The number of nitrogens with zero attached hydrogens (tertiary/aromatic N) is 2. The van der Waals surface area contributed by atoms with Crippen molar-refractivity contribution in [1.82, 2.24) is 9.97 Å². The zero-order chi connectivity index (χ0) is 11.9. The van der Waals surface area contributed by atoms with Crippen molar-refractivity contribution >= 4 is 11.6 Å². The maximum atomic E-state index is 5.69. The minimum Gasteiger partial charge on any atom is -0.376 e. The molecule has 0 aliphatic heterocycles. The molecule has 0 atom stereocenters. The summed E-state index contributed by atoms with van der Waals surface area (Å²) < 4.78 is 5.54. The molecule has 4 heteroatoms. The number of hydrogen-bond donors (Lipinski definition) is 0. The highest BCUT2D eigenvalue weighted by Crippen LogP contribution is 2.06. The largest absolute Gasteiger partial charge is 0.376 e. The van der Waals surface area contributed by atoms with Crippen molar-refractivity contribution < 1.29 is 4.74 Å². The minimum atomic E-state index is 0.502. The number of pyridine rings is 2. The van der Waals surface area contributed by atoms with E-state index in [0.29, 0.717) is 18.4 Å². The van der Waals surface area contributed by atoms with Gasteiger partial charge >= 0.3 is 0 Å². The summed E-state index contributed by atoms with van der Waals surface area (Å²) >= 11 is 5.69. The van der Waals surface area contributed by atoms with E-state index in [1.807, 2.05) is 24.3 Å². The molecule has 0 radical (unpaired) electrons. The van der Waals surface area contributed by atoms with Crippen LogP contribution in [0.1, 0.15) is 11.3 Å². The SMILES string of the molecule is Clc1ccc(COCCc2ccccn2)cn1. The normalized spacial score (nSPS) is 10.4. The Morgan fingerprint density at radius 1 is 1.12 bits per heavy atom. The predicted molar refractivity (Wildman–Crippen MR) is 66.8 cm³/mol. The predicted octanol–water partition coefficient (Wildman–Crippen LogP) is 2.89. The lowest BCUT2D eigenvalue weighted by atomic mass is 10.3. The number of rotatable bonds is 5. The molecule has 0 aromatic carbocycles. The quantitative estimate of drug-likeness (QED) is 0.603. The van der Waals surface area contributed by atoms with Crippen LogP contribution in [0, 0.1) is 0 Å². The molecule has 0 fully saturated rings. The van der Waals surface area contributed by atoms with Gasteiger partial charge in [0.05, 0.1) is 13.2 Å². The van der Waals surface area contributed by atoms with Gasteiger partial charge in [0.2, 0.25) is 0 Å². The number of ether oxygens (including phenoxy) is 1. The molecule has 2 aromatic rings. The van der Waals surface area contributed by atoms with Gasteiger partial charge in [0.25, 0.3) is 0 Å². The van der Waals surface area contributed by atoms with E-state index in [0.717, 1.165) is 17.7 Å². The Bertz CT molecular complexity index is 445. The molecule has 2 aromatic heterocycles. The van der Waals surface area contributed by atoms with Crippen molar-refractivity contribution in [3.05, 3.63) is 59.1 Å². The Balaban J connectivity index is 1.71. The lowest BCUT2D eigenvalue weighted by Crippen LogP contribution is -2.00. The highest BCUT2D eigenvalue weighted by atomic mass is 35.5. The van der Waals surface area contributed by atoms with E-state index in [2.05, 4.69) is 9.97 Å². The molecule has 0 N–H and O–H groups in total. The second-order valence-corrected chi connectivity index (χ2v) is 4.00. The maximum absolute atomic E-state index is 5.69. The van der Waals surface area contributed by atoms with E-state index >= 15 is 0 Å². The summed E-state index contributed by atoms with van der Waals surface area (Å²) in [5.41, 5.74) is 2.07. The first-order valence-corrected chi connectivity index (χ1v) is 5.80. The molecule has 0 saturated heterocycles. The summed E-state index contributed by atoms with van der Waals surface area (Å²) in [7, 11) is 0. The van der Waals surface area contributed by atoms with Crippen LogP contribution in [0.25, 0.3) is 0 Å². The lowest BCUT2D eigenvalue weighted by Gasteiger charge is -2.03. The van der Waals surface area contributed by atoms with Crippen LogP contribution in [0.3, 0.4) is 0 Å². The Morgan fingerprint density at radius 3 is 2.76 bits per heavy atom. The van der Waals surface area contributed by atoms with Crippen LogP contribution in [0.5, 0.6) is 0 Å². The highest BCUT2D eigenvalue weighted by Gasteiger charge is 1.96. The maximum Gasteiger partial charge on any atom is 0.129 e. The summed E-state index contributed by atoms with van der Waals surface area (Å²) in [5, 5.41) is 0.502. The topological polar surface area (TPSA) is 35.0 Å². The molecule has 3 nitrogen and oxygen atoms in total. The van der Waals surface area contributed by atoms with Gasteiger partial charge in [0.1, 0.15) is 5.15 Å². The van der Waals surface area contributed by atoms with Gasteiger partial charge in [-0.3, -0.25) is 4.98 Å². The van der Waals surface area contributed by atoms with Crippen LogP contribution in [-0.2, 0) is 17.8 Å². The monoisotopic (exact) mass is 248 g/mol. The summed E-state index contributed by atoms with van der Waals surface area (Å²) in [6.07, 6.45) is 4.34. The first-order chi connectivity index (χ1) is 8.34. The molecule has 0 aliphatic carbocycles. The second kappa shape index (κ2) is 6.33. The van der Waals surface area contributed by atoms with Gasteiger partial charge in [-0.15, -0.1) is 0 Å². The molecule has 88 valence electrons. The summed E-state index contributed by atoms with van der Waals surface area (Å²) in [6, 6.07) is 9.55. The highest BCUT2D eigenvalue weighted by molar-refractivity contribution is 6.29. The fraction of sp³-hybridized carbons (Fsp3) is 0.231. The van der Waals surface area contributed by atoms with Gasteiger partial charge in [-0.2, -0.15) is 0 Å². The van der Waals surface area contributed by atoms with Gasteiger partial charge in [0.15, 0.2) is 0 Å². The fourth-order valence-electron chi connectivity index (χ4n) is 1.40. The number of aromatic nitrogens is 2. The van der Waals surface area contributed by atoms with Crippen molar-refractivity contribution in [3.63, 3.8) is 0 Å². The van der Waals surface area contributed by atoms with Crippen LogP contribution in [0.15, 0.2) is 42.7 Å². The van der Waals surface area contributed by atoms with E-state index in [4.69, 9.17) is 16.3 Å². The van der Waals surface area contributed by atoms with Crippen LogP contribution in [-0.4, -0.2) is 16.6 Å². The van der Waals surface area contributed by atoms with Crippen LogP contribution < -0.4 is 0 Å². The third kappa shape index (κ3) is 4.13. The minimum absolute atomic E-state index is 0.502. The van der Waals surface area contributed by atoms with Gasteiger partial charge in [-0.1, -0.05) is 23.7 Å². The molecule has 0 spiro atoms. The standard InChI is InChI=1S/C13H13ClN2O/c14-13-5-4-11(9-16-13)10-17-8-6-12-3-1-2-7-15-12/h1-5,7,9H,6,8,10H2. The average Bonchev–Trinajstić information content (AvgIpc) is 2.38.